The van der Waals surface area contributed by atoms with Gasteiger partial charge in [0.2, 0.25) is 0 Å². The van der Waals surface area contributed by atoms with Gasteiger partial charge in [0.1, 0.15) is 11.2 Å². The monoisotopic (exact) mass is 941 g/mol. The lowest BCUT2D eigenvalue weighted by Gasteiger charge is -2.27. The van der Waals surface area contributed by atoms with Crippen molar-refractivity contribution in [2.45, 2.75) is 52.7 Å². The van der Waals surface area contributed by atoms with Crippen LogP contribution in [0.1, 0.15) is 41.5 Å². The Kier molecular flexibility index (Phi) is 43.4. The average molecular weight is 943 g/mol. The number of alkyl halides is 2. The van der Waals surface area contributed by atoms with E-state index in [0.29, 0.717) is 24.8 Å². The summed E-state index contributed by atoms with van der Waals surface area (Å²) in [7, 11) is 0. The van der Waals surface area contributed by atoms with Crippen LogP contribution in [0, 0.1) is 0 Å². The largest absolute Gasteiger partial charge is 0.444 e. The zero-order chi connectivity index (χ0) is 39.4. The minimum absolute atomic E-state index is 0.167. The molecular formula is C34H69Cl2N3O4S9. The molecule has 7 nitrogen and oxygen atoms in total. The molecule has 2 aliphatic heterocycles. The van der Waals surface area contributed by atoms with E-state index in [2.05, 4.69) is 65.9 Å². The molecule has 0 unspecified atom stereocenters. The SMILES string of the molecule is C1CSCCSCCSCCN1.CC(C)(C)OC(=O)N(CCCl)CCCl.CC(C)(C)OC(=O)N1CCSCCSCCSCC1.SCCSCCS. The van der Waals surface area contributed by atoms with Crippen molar-refractivity contribution in [3.05, 3.63) is 0 Å². The summed E-state index contributed by atoms with van der Waals surface area (Å²) in [6.45, 7) is 16.1. The molecule has 0 saturated carbocycles. The van der Waals surface area contributed by atoms with E-state index in [4.69, 9.17) is 32.7 Å². The normalized spacial score (nSPS) is 17.2. The first-order valence-corrected chi connectivity index (χ1v) is 28.3. The Balaban J connectivity index is 0. The molecule has 0 atom stereocenters. The molecule has 0 aromatic carbocycles. The maximum Gasteiger partial charge on any atom is 0.410 e. The number of nitrogens with zero attached hydrogens (tertiary/aromatic N) is 2. The Labute approximate surface area is 369 Å². The minimum atomic E-state index is -0.478. The lowest BCUT2D eigenvalue weighted by atomic mass is 10.2. The summed E-state index contributed by atoms with van der Waals surface area (Å²) in [5, 5.41) is 3.45. The topological polar surface area (TPSA) is 71.1 Å². The van der Waals surface area contributed by atoms with Gasteiger partial charge in [0.05, 0.1) is 0 Å². The molecular weight excluding hydrogens is 874 g/mol. The number of hydrogen-bond acceptors (Lipinski definition) is 14. The van der Waals surface area contributed by atoms with Crippen molar-refractivity contribution in [1.82, 2.24) is 15.1 Å². The van der Waals surface area contributed by atoms with Crippen LogP contribution in [-0.2, 0) is 9.47 Å². The molecule has 18 heteroatoms. The number of ether oxygens (including phenoxy) is 2. The van der Waals surface area contributed by atoms with Crippen molar-refractivity contribution >= 4 is 143 Å². The number of thioether (sulfide) groups is 7. The number of amides is 2. The van der Waals surface area contributed by atoms with Crippen LogP contribution in [0.2, 0.25) is 0 Å². The molecule has 312 valence electrons. The maximum atomic E-state index is 12.1. The first-order valence-electron chi connectivity index (χ1n) is 17.9. The predicted molar refractivity (Wildman–Crippen MR) is 259 cm³/mol. The molecule has 0 bridgehead atoms. The van der Waals surface area contributed by atoms with E-state index in [-0.39, 0.29) is 12.2 Å². The van der Waals surface area contributed by atoms with Crippen LogP contribution in [0.15, 0.2) is 0 Å². The van der Waals surface area contributed by atoms with E-state index in [1.165, 1.54) is 75.5 Å². The lowest BCUT2D eigenvalue weighted by Crippen LogP contribution is -2.39. The van der Waals surface area contributed by atoms with Gasteiger partial charge in [0.25, 0.3) is 0 Å². The molecule has 0 aliphatic carbocycles. The molecule has 52 heavy (non-hydrogen) atoms. The van der Waals surface area contributed by atoms with Gasteiger partial charge in [0.15, 0.2) is 0 Å². The van der Waals surface area contributed by atoms with Gasteiger partial charge in [-0.25, -0.2) is 9.59 Å². The van der Waals surface area contributed by atoms with Gasteiger partial charge in [-0.15, -0.1) is 23.2 Å². The molecule has 2 saturated heterocycles. The van der Waals surface area contributed by atoms with Crippen molar-refractivity contribution in [3.63, 3.8) is 0 Å². The predicted octanol–water partition coefficient (Wildman–Crippen LogP) is 9.51. The average Bonchev–Trinajstić information content (AvgIpc) is 3.05. The second-order valence-corrected chi connectivity index (χ2v) is 23.0. The summed E-state index contributed by atoms with van der Waals surface area (Å²) in [4.78, 5) is 27.0. The van der Waals surface area contributed by atoms with Crippen molar-refractivity contribution < 1.29 is 19.1 Å². The molecule has 2 amide bonds. The Morgan fingerprint density at radius 3 is 1.37 bits per heavy atom. The van der Waals surface area contributed by atoms with Crippen LogP contribution in [0.3, 0.4) is 0 Å². The van der Waals surface area contributed by atoms with E-state index in [1.807, 2.05) is 93.5 Å². The van der Waals surface area contributed by atoms with E-state index in [9.17, 15) is 9.59 Å². The van der Waals surface area contributed by atoms with Crippen LogP contribution in [-0.4, -0.2) is 176 Å². The summed E-state index contributed by atoms with van der Waals surface area (Å²) in [6.07, 6.45) is -0.529. The van der Waals surface area contributed by atoms with Crippen LogP contribution >= 0.6 is 131 Å². The Morgan fingerprint density at radius 2 is 1.02 bits per heavy atom. The van der Waals surface area contributed by atoms with Gasteiger partial charge >= 0.3 is 12.2 Å². The number of carbonyl (C=O) groups excluding carboxylic acids is 2. The highest BCUT2D eigenvalue weighted by Crippen LogP contribution is 2.16. The third-order valence-corrected chi connectivity index (χ3v) is 15.1. The molecule has 2 rings (SSSR count). The molecule has 2 aliphatic rings. The van der Waals surface area contributed by atoms with Crippen LogP contribution in [0.25, 0.3) is 0 Å². The Hall–Kier alpha value is 2.23. The summed E-state index contributed by atoms with van der Waals surface area (Å²) in [5.74, 6) is 19.8. The van der Waals surface area contributed by atoms with E-state index in [1.54, 1.807) is 0 Å². The minimum Gasteiger partial charge on any atom is -0.444 e. The van der Waals surface area contributed by atoms with E-state index in [0.717, 1.165) is 47.6 Å². The molecule has 0 radical (unpaired) electrons. The fourth-order valence-corrected chi connectivity index (χ4v) is 11.4. The third kappa shape index (κ3) is 43.4. The van der Waals surface area contributed by atoms with Crippen LogP contribution in [0.4, 0.5) is 9.59 Å². The zero-order valence-corrected chi connectivity index (χ0v) is 41.5. The number of carbonyl (C=O) groups is 2. The smallest absolute Gasteiger partial charge is 0.410 e. The van der Waals surface area contributed by atoms with Gasteiger partial charge in [-0.05, 0) is 53.0 Å². The van der Waals surface area contributed by atoms with E-state index < -0.39 is 11.2 Å². The highest BCUT2D eigenvalue weighted by atomic mass is 35.5. The molecule has 0 spiro atoms. The highest BCUT2D eigenvalue weighted by Gasteiger charge is 2.22. The van der Waals surface area contributed by atoms with Crippen LogP contribution in [0.5, 0.6) is 0 Å². The second-order valence-electron chi connectivity index (χ2n) is 12.8. The van der Waals surface area contributed by atoms with Gasteiger partial charge in [0, 0.05) is 132 Å². The van der Waals surface area contributed by atoms with Crippen molar-refractivity contribution in [2.75, 3.05) is 143 Å². The summed E-state index contributed by atoms with van der Waals surface area (Å²) >= 11 is 33.3. The molecule has 0 aromatic rings. The fraction of sp³-hybridized carbons (Fsp3) is 0.941. The second kappa shape index (κ2) is 40.0. The molecule has 0 aromatic heterocycles. The van der Waals surface area contributed by atoms with Crippen molar-refractivity contribution in [1.29, 1.82) is 0 Å². The lowest BCUT2D eigenvalue weighted by molar-refractivity contribution is 0.0263. The highest BCUT2D eigenvalue weighted by molar-refractivity contribution is 8.05. The number of rotatable bonds is 8. The summed E-state index contributed by atoms with van der Waals surface area (Å²) in [5.41, 5.74) is -0.883. The quantitative estimate of drug-likeness (QED) is 0.124. The van der Waals surface area contributed by atoms with Crippen molar-refractivity contribution in [2.24, 2.45) is 0 Å². The zero-order valence-electron chi connectivity index (χ0n) is 32.5. The van der Waals surface area contributed by atoms with Gasteiger partial charge < -0.3 is 24.6 Å². The summed E-state index contributed by atoms with van der Waals surface area (Å²) < 4.78 is 10.6. The maximum absolute atomic E-state index is 12.1. The first-order chi connectivity index (χ1) is 24.8. The first kappa shape index (κ1) is 56.3. The Morgan fingerprint density at radius 1 is 0.654 bits per heavy atom. The Bertz CT molecular complexity index is 756. The van der Waals surface area contributed by atoms with Crippen molar-refractivity contribution in [3.8, 4) is 0 Å². The summed E-state index contributed by atoms with van der Waals surface area (Å²) in [6, 6.07) is 0. The van der Waals surface area contributed by atoms with Crippen LogP contribution < -0.4 is 5.32 Å². The number of halogens is 2. The number of nitrogens with one attached hydrogen (secondary N) is 1. The number of hydrogen-bond donors (Lipinski definition) is 3. The molecule has 2 fully saturated rings. The van der Waals surface area contributed by atoms with E-state index >= 15 is 0 Å². The molecule has 2 heterocycles. The number of thiol groups is 2. The van der Waals surface area contributed by atoms with Gasteiger partial charge in [-0.2, -0.15) is 108 Å². The molecule has 1 N–H and O–H groups in total. The van der Waals surface area contributed by atoms with Gasteiger partial charge in [-0.1, -0.05) is 0 Å². The fourth-order valence-electron chi connectivity index (χ4n) is 3.52. The standard InChI is InChI=1S/C13H25NO2S3.C9H17Cl2NO2.C8H17NS3.C4H10S3/c1-13(2,3)16-12(15)14-4-6-17-8-10-19-11-9-18-7-5-14;1-9(2,3)14-8(13)12(6-4-10)7-5-11;1-3-10-5-7-12-8-6-11-4-2-9-1;5-1-3-7-4-2-6/h4-11H2,1-3H3;4-7H2,1-3H3;9H,1-8H2;5-6H,1-4H2. The van der Waals surface area contributed by atoms with Gasteiger partial charge in [-0.3, -0.25) is 0 Å². The third-order valence-electron chi connectivity index (χ3n) is 5.83.